The molecule has 2 unspecified atom stereocenters. The van der Waals surface area contributed by atoms with Crippen molar-refractivity contribution in [3.8, 4) is 0 Å². The maximum Gasteiger partial charge on any atom is 0.0724 e. The van der Waals surface area contributed by atoms with Gasteiger partial charge in [0.15, 0.2) is 0 Å². The van der Waals surface area contributed by atoms with Crippen LogP contribution in [0.5, 0.6) is 0 Å². The summed E-state index contributed by atoms with van der Waals surface area (Å²) < 4.78 is 5.44. The van der Waals surface area contributed by atoms with Crippen molar-refractivity contribution in [2.75, 3.05) is 13.7 Å². The lowest BCUT2D eigenvalue weighted by Gasteiger charge is -2.31. The summed E-state index contributed by atoms with van der Waals surface area (Å²) in [4.78, 5) is 0. The monoisotopic (exact) mass is 183 g/mol. The van der Waals surface area contributed by atoms with Gasteiger partial charge in [0, 0.05) is 19.7 Å². The van der Waals surface area contributed by atoms with E-state index >= 15 is 0 Å². The number of ether oxygens (including phenoxy) is 1. The fraction of sp³-hybridized carbons (Fsp3) is 0.818. The maximum atomic E-state index is 5.44. The van der Waals surface area contributed by atoms with Crippen LogP contribution in [0.3, 0.4) is 0 Å². The Morgan fingerprint density at radius 1 is 1.46 bits per heavy atom. The SMILES string of the molecule is C=C(C)CNC1CCCCC1OC. The van der Waals surface area contributed by atoms with Crippen LogP contribution in [0.2, 0.25) is 0 Å². The first-order valence-corrected chi connectivity index (χ1v) is 5.14. The Labute approximate surface area is 81.4 Å². The third kappa shape index (κ3) is 3.49. The summed E-state index contributed by atoms with van der Waals surface area (Å²) in [6.45, 7) is 6.86. The maximum absolute atomic E-state index is 5.44. The van der Waals surface area contributed by atoms with Crippen molar-refractivity contribution in [1.82, 2.24) is 5.32 Å². The fourth-order valence-corrected chi connectivity index (χ4v) is 1.92. The van der Waals surface area contributed by atoms with Crippen LogP contribution < -0.4 is 5.32 Å². The number of nitrogens with one attached hydrogen (secondary N) is 1. The van der Waals surface area contributed by atoms with Crippen molar-refractivity contribution in [2.45, 2.75) is 44.8 Å². The van der Waals surface area contributed by atoms with Gasteiger partial charge in [-0.25, -0.2) is 0 Å². The van der Waals surface area contributed by atoms with E-state index in [0.29, 0.717) is 12.1 Å². The van der Waals surface area contributed by atoms with Gasteiger partial charge >= 0.3 is 0 Å². The number of rotatable bonds is 4. The zero-order valence-electron chi connectivity index (χ0n) is 8.81. The van der Waals surface area contributed by atoms with Crippen molar-refractivity contribution >= 4 is 0 Å². The average molecular weight is 183 g/mol. The molecule has 0 amide bonds. The highest BCUT2D eigenvalue weighted by atomic mass is 16.5. The highest BCUT2D eigenvalue weighted by Crippen LogP contribution is 2.20. The van der Waals surface area contributed by atoms with Crippen molar-refractivity contribution < 1.29 is 4.74 Å². The largest absolute Gasteiger partial charge is 0.380 e. The fourth-order valence-electron chi connectivity index (χ4n) is 1.92. The first-order valence-electron chi connectivity index (χ1n) is 5.14. The van der Waals surface area contributed by atoms with Crippen molar-refractivity contribution in [3.63, 3.8) is 0 Å². The summed E-state index contributed by atoms with van der Waals surface area (Å²) in [6.07, 6.45) is 5.49. The molecule has 0 aromatic rings. The standard InChI is InChI=1S/C11H21NO/c1-9(2)8-12-10-6-4-5-7-11(10)13-3/h10-12H,1,4-8H2,2-3H3. The number of hydrogen-bond acceptors (Lipinski definition) is 2. The molecule has 0 aromatic carbocycles. The molecule has 2 heteroatoms. The molecule has 0 bridgehead atoms. The van der Waals surface area contributed by atoms with Gasteiger partial charge < -0.3 is 10.1 Å². The van der Waals surface area contributed by atoms with Gasteiger partial charge in [-0.2, -0.15) is 0 Å². The third-order valence-electron chi connectivity index (χ3n) is 2.67. The molecule has 0 aliphatic heterocycles. The minimum Gasteiger partial charge on any atom is -0.380 e. The molecule has 0 aromatic heterocycles. The molecule has 76 valence electrons. The van der Waals surface area contributed by atoms with Gasteiger partial charge in [-0.3, -0.25) is 0 Å². The van der Waals surface area contributed by atoms with Gasteiger partial charge in [0.05, 0.1) is 6.10 Å². The Balaban J connectivity index is 2.31. The van der Waals surface area contributed by atoms with Crippen LogP contribution in [0.25, 0.3) is 0 Å². The van der Waals surface area contributed by atoms with Crippen LogP contribution in [0.15, 0.2) is 12.2 Å². The Hall–Kier alpha value is -0.340. The molecule has 0 spiro atoms. The quantitative estimate of drug-likeness (QED) is 0.674. The second-order valence-corrected chi connectivity index (χ2v) is 4.00. The van der Waals surface area contributed by atoms with Crippen molar-refractivity contribution in [1.29, 1.82) is 0 Å². The topological polar surface area (TPSA) is 21.3 Å². The van der Waals surface area contributed by atoms with E-state index in [1.807, 2.05) is 7.11 Å². The Kier molecular flexibility index (Phi) is 4.46. The van der Waals surface area contributed by atoms with E-state index in [-0.39, 0.29) is 0 Å². The van der Waals surface area contributed by atoms with Gasteiger partial charge in [-0.1, -0.05) is 25.0 Å². The lowest BCUT2D eigenvalue weighted by atomic mass is 9.92. The molecule has 1 fully saturated rings. The van der Waals surface area contributed by atoms with Crippen LogP contribution in [0, 0.1) is 0 Å². The summed E-state index contributed by atoms with van der Waals surface area (Å²) in [5.41, 5.74) is 1.19. The Bertz CT molecular complexity index is 167. The first-order chi connectivity index (χ1) is 6.24. The smallest absolute Gasteiger partial charge is 0.0724 e. The molecule has 1 saturated carbocycles. The van der Waals surface area contributed by atoms with Crippen molar-refractivity contribution in [3.05, 3.63) is 12.2 Å². The second-order valence-electron chi connectivity index (χ2n) is 4.00. The predicted octanol–water partition coefficient (Wildman–Crippen LogP) is 2.11. The molecular weight excluding hydrogens is 162 g/mol. The van der Waals surface area contributed by atoms with Gasteiger partial charge in [0.1, 0.15) is 0 Å². The molecule has 1 rings (SSSR count). The van der Waals surface area contributed by atoms with Crippen LogP contribution in [0.1, 0.15) is 32.6 Å². The molecule has 0 heterocycles. The van der Waals surface area contributed by atoms with Crippen LogP contribution in [0.4, 0.5) is 0 Å². The molecule has 2 atom stereocenters. The first kappa shape index (κ1) is 10.7. The summed E-state index contributed by atoms with van der Waals surface area (Å²) >= 11 is 0. The normalized spacial score (nSPS) is 28.8. The molecule has 0 saturated heterocycles. The minimum atomic E-state index is 0.410. The average Bonchev–Trinajstić information content (AvgIpc) is 2.15. The third-order valence-corrected chi connectivity index (χ3v) is 2.67. The molecule has 1 aliphatic carbocycles. The summed E-state index contributed by atoms with van der Waals surface area (Å²) in [7, 11) is 1.81. The summed E-state index contributed by atoms with van der Waals surface area (Å²) in [6, 6.07) is 0.537. The van der Waals surface area contributed by atoms with Gasteiger partial charge in [-0.15, -0.1) is 0 Å². The number of methoxy groups -OCH3 is 1. The Morgan fingerprint density at radius 2 is 2.15 bits per heavy atom. The molecule has 0 radical (unpaired) electrons. The Morgan fingerprint density at radius 3 is 2.77 bits per heavy atom. The van der Waals surface area contributed by atoms with Gasteiger partial charge in [0.2, 0.25) is 0 Å². The van der Waals surface area contributed by atoms with E-state index in [2.05, 4.69) is 18.8 Å². The van der Waals surface area contributed by atoms with Crippen LogP contribution in [-0.2, 0) is 4.74 Å². The highest BCUT2D eigenvalue weighted by Gasteiger charge is 2.23. The molecule has 2 nitrogen and oxygen atoms in total. The van der Waals surface area contributed by atoms with E-state index in [1.165, 1.54) is 31.3 Å². The molecular formula is C11H21NO. The highest BCUT2D eigenvalue weighted by molar-refractivity contribution is 4.93. The van der Waals surface area contributed by atoms with E-state index in [4.69, 9.17) is 4.74 Å². The zero-order valence-corrected chi connectivity index (χ0v) is 8.81. The predicted molar refractivity (Wildman–Crippen MR) is 55.9 cm³/mol. The molecule has 1 aliphatic rings. The van der Waals surface area contributed by atoms with E-state index < -0.39 is 0 Å². The van der Waals surface area contributed by atoms with E-state index in [9.17, 15) is 0 Å². The zero-order chi connectivity index (χ0) is 9.68. The van der Waals surface area contributed by atoms with Crippen molar-refractivity contribution in [2.24, 2.45) is 0 Å². The van der Waals surface area contributed by atoms with Crippen LogP contribution >= 0.6 is 0 Å². The minimum absolute atomic E-state index is 0.410. The van der Waals surface area contributed by atoms with Gasteiger partial charge in [0.25, 0.3) is 0 Å². The summed E-state index contributed by atoms with van der Waals surface area (Å²) in [5.74, 6) is 0. The lowest BCUT2D eigenvalue weighted by molar-refractivity contribution is 0.0429. The van der Waals surface area contributed by atoms with E-state index in [1.54, 1.807) is 0 Å². The molecule has 13 heavy (non-hydrogen) atoms. The van der Waals surface area contributed by atoms with E-state index in [0.717, 1.165) is 6.54 Å². The number of hydrogen-bond donors (Lipinski definition) is 1. The lowest BCUT2D eigenvalue weighted by Crippen LogP contribution is -2.43. The molecule has 1 N–H and O–H groups in total. The van der Waals surface area contributed by atoms with Crippen LogP contribution in [-0.4, -0.2) is 25.8 Å². The van der Waals surface area contributed by atoms with Gasteiger partial charge in [-0.05, 0) is 19.8 Å². The second kappa shape index (κ2) is 5.40. The summed E-state index contributed by atoms with van der Waals surface area (Å²) in [5, 5.41) is 3.50.